The van der Waals surface area contributed by atoms with Crippen molar-refractivity contribution in [3.05, 3.63) is 29.8 Å². The van der Waals surface area contributed by atoms with Gasteiger partial charge in [0, 0.05) is 24.2 Å². The fraction of sp³-hybridized carbons (Fsp3) is 0.273. The zero-order chi connectivity index (χ0) is 11.5. The van der Waals surface area contributed by atoms with Crippen molar-refractivity contribution in [1.82, 2.24) is 0 Å². The third kappa shape index (κ3) is 1.98. The van der Waals surface area contributed by atoms with Crippen molar-refractivity contribution in [2.75, 3.05) is 11.9 Å². The van der Waals surface area contributed by atoms with Crippen molar-refractivity contribution in [1.29, 1.82) is 0 Å². The van der Waals surface area contributed by atoms with E-state index in [0.29, 0.717) is 13.0 Å². The van der Waals surface area contributed by atoms with Crippen LogP contribution in [0.3, 0.4) is 0 Å². The van der Waals surface area contributed by atoms with Gasteiger partial charge in [0.1, 0.15) is 6.10 Å². The summed E-state index contributed by atoms with van der Waals surface area (Å²) in [4.78, 5) is 21.4. The average molecular weight is 221 g/mol. The molecule has 1 atom stereocenters. The molecule has 1 heterocycles. The summed E-state index contributed by atoms with van der Waals surface area (Å²) in [5.41, 5.74) is 1.71. The number of carboxylic acid groups (broad SMARTS) is 1. The lowest BCUT2D eigenvalue weighted by Crippen LogP contribution is -2.24. The molecule has 0 amide bonds. The molecule has 0 fully saturated rings. The largest absolute Gasteiger partial charge is 0.473 e. The van der Waals surface area contributed by atoms with Gasteiger partial charge in [-0.3, -0.25) is 0 Å². The molecule has 1 aliphatic heterocycles. The van der Waals surface area contributed by atoms with Crippen LogP contribution in [0.5, 0.6) is 0 Å². The van der Waals surface area contributed by atoms with Gasteiger partial charge in [-0.05, 0) is 6.07 Å². The Morgan fingerprint density at radius 3 is 2.88 bits per heavy atom. The van der Waals surface area contributed by atoms with Crippen LogP contribution in [0.25, 0.3) is 0 Å². The highest BCUT2D eigenvalue weighted by Gasteiger charge is 2.25. The molecule has 5 heteroatoms. The molecule has 84 valence electrons. The maximum atomic E-state index is 11.0. The number of benzene rings is 1. The molecular formula is C11H11NO4. The number of carboxylic acids is 1. The minimum atomic E-state index is -1.56. The van der Waals surface area contributed by atoms with Gasteiger partial charge in [-0.15, -0.1) is 0 Å². The van der Waals surface area contributed by atoms with Crippen molar-refractivity contribution in [2.45, 2.75) is 12.5 Å². The fourth-order valence-electron chi connectivity index (χ4n) is 1.73. The first-order valence-corrected chi connectivity index (χ1v) is 4.95. The lowest BCUT2D eigenvalue weighted by atomic mass is 10.0. The van der Waals surface area contributed by atoms with E-state index >= 15 is 0 Å². The monoisotopic (exact) mass is 221 g/mol. The zero-order valence-electron chi connectivity index (χ0n) is 8.47. The van der Waals surface area contributed by atoms with Gasteiger partial charge in [0.05, 0.1) is 0 Å². The lowest BCUT2D eigenvalue weighted by Gasteiger charge is -2.25. The topological polar surface area (TPSA) is 75.6 Å². The molecule has 16 heavy (non-hydrogen) atoms. The summed E-state index contributed by atoms with van der Waals surface area (Å²) >= 11 is 0. The Balaban J connectivity index is 2.19. The van der Waals surface area contributed by atoms with Gasteiger partial charge in [-0.25, -0.2) is 9.59 Å². The van der Waals surface area contributed by atoms with E-state index in [-0.39, 0.29) is 0 Å². The van der Waals surface area contributed by atoms with Gasteiger partial charge in [0.25, 0.3) is 0 Å². The van der Waals surface area contributed by atoms with Gasteiger partial charge in [0.15, 0.2) is 0 Å². The molecule has 1 aromatic rings. The predicted molar refractivity (Wildman–Crippen MR) is 56.0 cm³/mol. The third-order valence-corrected chi connectivity index (χ3v) is 2.45. The predicted octanol–water partition coefficient (Wildman–Crippen LogP) is 1.17. The molecule has 0 bridgehead atoms. The molecule has 0 aromatic heterocycles. The second-order valence-electron chi connectivity index (χ2n) is 3.50. The number of carbonyl (C=O) groups is 2. The second-order valence-corrected chi connectivity index (χ2v) is 3.50. The van der Waals surface area contributed by atoms with Gasteiger partial charge in [-0.2, -0.15) is 0 Å². The summed E-state index contributed by atoms with van der Waals surface area (Å²) in [6.07, 6.45) is 0.108. The summed E-state index contributed by atoms with van der Waals surface area (Å²) in [6.45, 7) is 0.661. The molecule has 5 nitrogen and oxygen atoms in total. The number of para-hydroxylation sites is 1. The van der Waals surface area contributed by atoms with Crippen LogP contribution in [0.1, 0.15) is 18.1 Å². The van der Waals surface area contributed by atoms with E-state index in [4.69, 9.17) is 9.84 Å². The number of carbonyl (C=O) groups excluding carboxylic acids is 1. The number of esters is 1. The molecule has 0 aliphatic carbocycles. The summed E-state index contributed by atoms with van der Waals surface area (Å²) < 4.78 is 4.90. The number of fused-ring (bicyclic) bond motifs is 1. The number of hydrogen-bond acceptors (Lipinski definition) is 4. The maximum Gasteiger partial charge on any atom is 0.417 e. The number of nitrogens with one attached hydrogen (secondary N) is 1. The summed E-state index contributed by atoms with van der Waals surface area (Å²) in [5.74, 6) is -2.77. The number of rotatable bonds is 1. The van der Waals surface area contributed by atoms with E-state index in [0.717, 1.165) is 11.3 Å². The quantitative estimate of drug-likeness (QED) is 0.550. The molecule has 0 spiro atoms. The second kappa shape index (κ2) is 4.22. The molecule has 0 saturated heterocycles. The van der Waals surface area contributed by atoms with Crippen LogP contribution in [0.2, 0.25) is 0 Å². The highest BCUT2D eigenvalue weighted by Crippen LogP contribution is 2.31. The van der Waals surface area contributed by atoms with Crippen molar-refractivity contribution < 1.29 is 19.4 Å². The third-order valence-electron chi connectivity index (χ3n) is 2.45. The summed E-state index contributed by atoms with van der Waals surface area (Å²) in [6, 6.07) is 7.39. The van der Waals surface area contributed by atoms with Crippen LogP contribution >= 0.6 is 0 Å². The average Bonchev–Trinajstić information content (AvgIpc) is 2.29. The first kappa shape index (κ1) is 10.5. The minimum Gasteiger partial charge on any atom is -0.473 e. The van der Waals surface area contributed by atoms with Crippen LogP contribution in [-0.4, -0.2) is 23.6 Å². The molecule has 1 aromatic carbocycles. The Kier molecular flexibility index (Phi) is 2.76. The Hall–Kier alpha value is -2.04. The van der Waals surface area contributed by atoms with Crippen molar-refractivity contribution in [2.24, 2.45) is 0 Å². The molecular weight excluding hydrogens is 210 g/mol. The number of hydrogen-bond donors (Lipinski definition) is 2. The van der Waals surface area contributed by atoms with Crippen LogP contribution < -0.4 is 5.32 Å². The molecule has 1 unspecified atom stereocenters. The first-order valence-electron chi connectivity index (χ1n) is 4.95. The van der Waals surface area contributed by atoms with Crippen molar-refractivity contribution in [3.8, 4) is 0 Å². The molecule has 0 radical (unpaired) electrons. The zero-order valence-corrected chi connectivity index (χ0v) is 8.47. The molecule has 2 N–H and O–H groups in total. The van der Waals surface area contributed by atoms with E-state index in [1.54, 1.807) is 0 Å². The standard InChI is InChI=1S/C11H11NO4/c13-10(14)11(15)16-9-5-6-12-8-4-2-1-3-7(8)9/h1-4,9,12H,5-6H2,(H,13,14). The Labute approximate surface area is 92.0 Å². The number of anilines is 1. The maximum absolute atomic E-state index is 11.0. The SMILES string of the molecule is O=C(O)C(=O)OC1CCNc2ccccc21. The lowest BCUT2D eigenvalue weighted by molar-refractivity contribution is -0.167. The minimum absolute atomic E-state index is 0.471. The van der Waals surface area contributed by atoms with E-state index in [2.05, 4.69) is 5.32 Å². The van der Waals surface area contributed by atoms with Crippen LogP contribution in [-0.2, 0) is 14.3 Å². The van der Waals surface area contributed by atoms with Crippen LogP contribution in [0, 0.1) is 0 Å². The van der Waals surface area contributed by atoms with Gasteiger partial charge in [-0.1, -0.05) is 18.2 Å². The van der Waals surface area contributed by atoms with Crippen LogP contribution in [0.4, 0.5) is 5.69 Å². The van der Waals surface area contributed by atoms with E-state index < -0.39 is 18.0 Å². The molecule has 0 saturated carbocycles. The number of aliphatic carboxylic acids is 1. The van der Waals surface area contributed by atoms with E-state index in [1.807, 2.05) is 24.3 Å². The Bertz CT molecular complexity index is 430. The normalized spacial score (nSPS) is 18.1. The van der Waals surface area contributed by atoms with Gasteiger partial charge in [0.2, 0.25) is 0 Å². The fourth-order valence-corrected chi connectivity index (χ4v) is 1.73. The van der Waals surface area contributed by atoms with Crippen molar-refractivity contribution >= 4 is 17.6 Å². The van der Waals surface area contributed by atoms with Gasteiger partial charge < -0.3 is 15.2 Å². The summed E-state index contributed by atoms with van der Waals surface area (Å²) in [7, 11) is 0. The van der Waals surface area contributed by atoms with Gasteiger partial charge >= 0.3 is 11.9 Å². The highest BCUT2D eigenvalue weighted by atomic mass is 16.6. The smallest absolute Gasteiger partial charge is 0.417 e. The Morgan fingerprint density at radius 2 is 2.12 bits per heavy atom. The Morgan fingerprint density at radius 1 is 1.38 bits per heavy atom. The van der Waals surface area contributed by atoms with Crippen LogP contribution in [0.15, 0.2) is 24.3 Å². The number of ether oxygens (including phenoxy) is 1. The summed E-state index contributed by atoms with van der Waals surface area (Å²) in [5, 5.41) is 11.6. The van der Waals surface area contributed by atoms with E-state index in [1.165, 1.54) is 0 Å². The molecule has 2 rings (SSSR count). The van der Waals surface area contributed by atoms with Crippen molar-refractivity contribution in [3.63, 3.8) is 0 Å². The molecule has 1 aliphatic rings. The first-order chi connectivity index (χ1) is 7.68. The van der Waals surface area contributed by atoms with E-state index in [9.17, 15) is 9.59 Å². The highest BCUT2D eigenvalue weighted by molar-refractivity contribution is 6.28.